The van der Waals surface area contributed by atoms with Crippen molar-refractivity contribution < 1.29 is 22.7 Å². The molecular formula is C21H24N2O5S. The summed E-state index contributed by atoms with van der Waals surface area (Å²) in [5.41, 5.74) is 1.74. The van der Waals surface area contributed by atoms with E-state index in [1.165, 1.54) is 0 Å². The van der Waals surface area contributed by atoms with E-state index < -0.39 is 10.0 Å². The number of sulfonamides is 1. The Labute approximate surface area is 170 Å². The highest BCUT2D eigenvalue weighted by Crippen LogP contribution is 2.37. The molecule has 0 saturated heterocycles. The van der Waals surface area contributed by atoms with Crippen LogP contribution in [0.3, 0.4) is 0 Å². The third kappa shape index (κ3) is 4.38. The molecule has 1 fully saturated rings. The molecule has 1 aliphatic heterocycles. The lowest BCUT2D eigenvalue weighted by Crippen LogP contribution is -2.30. The van der Waals surface area contributed by atoms with Crippen LogP contribution in [0, 0.1) is 5.92 Å². The monoisotopic (exact) mass is 416 g/mol. The van der Waals surface area contributed by atoms with Crippen molar-refractivity contribution in [1.29, 1.82) is 0 Å². The lowest BCUT2D eigenvalue weighted by atomic mass is 10.2. The maximum absolute atomic E-state index is 12.6. The van der Waals surface area contributed by atoms with E-state index in [2.05, 4.69) is 4.72 Å². The van der Waals surface area contributed by atoms with Gasteiger partial charge in [0.1, 0.15) is 18.1 Å². The zero-order valence-electron chi connectivity index (χ0n) is 16.3. The van der Waals surface area contributed by atoms with Crippen LogP contribution in [-0.2, 0) is 21.2 Å². The van der Waals surface area contributed by atoms with Gasteiger partial charge in [-0.2, -0.15) is 0 Å². The van der Waals surface area contributed by atoms with Gasteiger partial charge in [-0.1, -0.05) is 0 Å². The number of anilines is 1. The molecule has 0 radical (unpaired) electrons. The van der Waals surface area contributed by atoms with Crippen LogP contribution < -0.4 is 19.1 Å². The van der Waals surface area contributed by atoms with Crippen LogP contribution in [-0.4, -0.2) is 41.1 Å². The van der Waals surface area contributed by atoms with Crippen LogP contribution in [0.4, 0.5) is 5.69 Å². The van der Waals surface area contributed by atoms with E-state index in [0.29, 0.717) is 18.7 Å². The number of nitrogens with one attached hydrogen (secondary N) is 1. The topological polar surface area (TPSA) is 84.9 Å². The third-order valence-corrected chi connectivity index (χ3v) is 6.63. The number of amides is 1. The van der Waals surface area contributed by atoms with E-state index in [4.69, 9.17) is 9.47 Å². The molecule has 0 bridgehead atoms. The Kier molecular flexibility index (Phi) is 5.47. The van der Waals surface area contributed by atoms with Gasteiger partial charge >= 0.3 is 0 Å². The zero-order chi connectivity index (χ0) is 20.4. The van der Waals surface area contributed by atoms with E-state index in [0.717, 1.165) is 29.8 Å². The molecule has 0 atom stereocenters. The molecular weight excluding hydrogens is 392 g/mol. The number of nitrogens with zero attached hydrogens (tertiary/aromatic N) is 1. The molecule has 4 rings (SSSR count). The van der Waals surface area contributed by atoms with Crippen molar-refractivity contribution in [3.05, 3.63) is 48.0 Å². The number of hydrogen-bond donors (Lipinski definition) is 1. The molecule has 2 aromatic rings. The fourth-order valence-electron chi connectivity index (χ4n) is 3.43. The minimum atomic E-state index is -3.64. The summed E-state index contributed by atoms with van der Waals surface area (Å²) in [4.78, 5) is 14.4. The summed E-state index contributed by atoms with van der Waals surface area (Å²) in [5.74, 6) is 1.68. The first-order valence-electron chi connectivity index (χ1n) is 9.69. The Morgan fingerprint density at radius 1 is 1.14 bits per heavy atom. The van der Waals surface area contributed by atoms with Gasteiger partial charge in [0, 0.05) is 24.7 Å². The van der Waals surface area contributed by atoms with Crippen molar-refractivity contribution in [3.63, 3.8) is 0 Å². The van der Waals surface area contributed by atoms with Crippen molar-refractivity contribution in [2.24, 2.45) is 5.92 Å². The number of ether oxygens (including phenoxy) is 2. The Balaban J connectivity index is 1.34. The average Bonchev–Trinajstić information content (AvgIpc) is 3.50. The number of fused-ring (bicyclic) bond motifs is 1. The van der Waals surface area contributed by atoms with Gasteiger partial charge in [0.15, 0.2) is 0 Å². The average molecular weight is 416 g/mol. The fourth-order valence-corrected chi connectivity index (χ4v) is 4.49. The second-order valence-electron chi connectivity index (χ2n) is 7.23. The van der Waals surface area contributed by atoms with Crippen LogP contribution in [0.2, 0.25) is 0 Å². The largest absolute Gasteiger partial charge is 0.497 e. The molecule has 0 spiro atoms. The molecule has 8 heteroatoms. The van der Waals surface area contributed by atoms with Crippen molar-refractivity contribution in [2.45, 2.75) is 24.2 Å². The van der Waals surface area contributed by atoms with Crippen LogP contribution >= 0.6 is 0 Å². The molecule has 154 valence electrons. The van der Waals surface area contributed by atoms with Gasteiger partial charge in [-0.25, -0.2) is 13.1 Å². The van der Waals surface area contributed by atoms with Crippen LogP contribution in [0.15, 0.2) is 47.4 Å². The van der Waals surface area contributed by atoms with Crippen LogP contribution in [0.5, 0.6) is 11.5 Å². The first-order valence-corrected chi connectivity index (χ1v) is 11.2. The van der Waals surface area contributed by atoms with Gasteiger partial charge in [-0.05, 0) is 67.3 Å². The molecule has 0 unspecified atom stereocenters. The quantitative estimate of drug-likeness (QED) is 0.668. The van der Waals surface area contributed by atoms with E-state index in [1.54, 1.807) is 54.5 Å². The number of rotatable bonds is 8. The van der Waals surface area contributed by atoms with Crippen molar-refractivity contribution in [3.8, 4) is 11.5 Å². The lowest BCUT2D eigenvalue weighted by Gasteiger charge is -2.17. The highest BCUT2D eigenvalue weighted by molar-refractivity contribution is 7.89. The van der Waals surface area contributed by atoms with E-state index in [-0.39, 0.29) is 29.9 Å². The third-order valence-electron chi connectivity index (χ3n) is 5.17. The standard InChI is InChI=1S/C21H24N2O5S/c1-27-17-4-6-18(7-5-17)28-13-11-22-29(25,26)19-8-9-20-16(14-19)10-12-23(20)21(24)15-2-3-15/h4-9,14-15,22H,2-3,10-13H2,1H3. The molecule has 2 aromatic carbocycles. The van der Waals surface area contributed by atoms with Crippen LogP contribution in [0.25, 0.3) is 0 Å². The molecule has 2 aliphatic rings. The number of methoxy groups -OCH3 is 1. The lowest BCUT2D eigenvalue weighted by molar-refractivity contribution is -0.119. The molecule has 1 N–H and O–H groups in total. The van der Waals surface area contributed by atoms with E-state index in [9.17, 15) is 13.2 Å². The van der Waals surface area contributed by atoms with Gasteiger partial charge in [-0.15, -0.1) is 0 Å². The van der Waals surface area contributed by atoms with E-state index >= 15 is 0 Å². The number of carbonyl (C=O) groups excluding carboxylic acids is 1. The highest BCUT2D eigenvalue weighted by atomic mass is 32.2. The van der Waals surface area contributed by atoms with E-state index in [1.807, 2.05) is 0 Å². The molecule has 29 heavy (non-hydrogen) atoms. The zero-order valence-corrected chi connectivity index (χ0v) is 17.1. The van der Waals surface area contributed by atoms with Crippen molar-refractivity contribution in [2.75, 3.05) is 31.7 Å². The normalized spacial score (nSPS) is 15.8. The van der Waals surface area contributed by atoms with Gasteiger partial charge < -0.3 is 14.4 Å². The SMILES string of the molecule is COc1ccc(OCCNS(=O)(=O)c2ccc3c(c2)CCN3C(=O)C2CC2)cc1. The Morgan fingerprint density at radius 2 is 1.86 bits per heavy atom. The highest BCUT2D eigenvalue weighted by Gasteiger charge is 2.36. The summed E-state index contributed by atoms with van der Waals surface area (Å²) in [5, 5.41) is 0. The number of hydrogen-bond acceptors (Lipinski definition) is 5. The molecule has 1 aliphatic carbocycles. The fraction of sp³-hybridized carbons (Fsp3) is 0.381. The van der Waals surface area contributed by atoms with Crippen molar-refractivity contribution >= 4 is 21.6 Å². The minimum absolute atomic E-state index is 0.150. The molecule has 7 nitrogen and oxygen atoms in total. The molecule has 1 amide bonds. The second kappa shape index (κ2) is 8.04. The summed E-state index contributed by atoms with van der Waals surface area (Å²) < 4.78 is 38.4. The predicted molar refractivity (Wildman–Crippen MR) is 109 cm³/mol. The molecule has 1 saturated carbocycles. The maximum atomic E-state index is 12.6. The van der Waals surface area contributed by atoms with Crippen LogP contribution in [0.1, 0.15) is 18.4 Å². The Bertz CT molecular complexity index is 1000. The summed E-state index contributed by atoms with van der Waals surface area (Å²) in [7, 11) is -2.05. The summed E-state index contributed by atoms with van der Waals surface area (Å²) in [6.07, 6.45) is 2.59. The summed E-state index contributed by atoms with van der Waals surface area (Å²) in [6.45, 7) is 0.981. The van der Waals surface area contributed by atoms with Gasteiger partial charge in [0.05, 0.1) is 12.0 Å². The van der Waals surface area contributed by atoms with Gasteiger partial charge in [0.25, 0.3) is 0 Å². The molecule has 0 aromatic heterocycles. The molecule has 1 heterocycles. The van der Waals surface area contributed by atoms with Crippen molar-refractivity contribution in [1.82, 2.24) is 4.72 Å². The minimum Gasteiger partial charge on any atom is -0.497 e. The Hall–Kier alpha value is -2.58. The number of benzene rings is 2. The maximum Gasteiger partial charge on any atom is 0.240 e. The number of carbonyl (C=O) groups is 1. The van der Waals surface area contributed by atoms with Gasteiger partial charge in [0.2, 0.25) is 15.9 Å². The first kappa shape index (κ1) is 19.7. The second-order valence-corrected chi connectivity index (χ2v) is 8.99. The summed E-state index contributed by atoms with van der Waals surface area (Å²) >= 11 is 0. The Morgan fingerprint density at radius 3 is 2.55 bits per heavy atom. The predicted octanol–water partition coefficient (Wildman–Crippen LogP) is 2.35. The van der Waals surface area contributed by atoms with Gasteiger partial charge in [-0.3, -0.25) is 4.79 Å². The smallest absolute Gasteiger partial charge is 0.240 e. The summed E-state index contributed by atoms with van der Waals surface area (Å²) in [6, 6.07) is 12.1. The first-order chi connectivity index (χ1) is 14.0.